The number of aromatic nitrogens is 2. The third-order valence-corrected chi connectivity index (χ3v) is 4.99. The van der Waals surface area contributed by atoms with Crippen molar-refractivity contribution in [1.82, 2.24) is 9.55 Å². The first-order valence-electron chi connectivity index (χ1n) is 9.69. The number of amides is 1. The molecule has 0 aliphatic carbocycles. The van der Waals surface area contributed by atoms with Crippen molar-refractivity contribution in [2.45, 2.75) is 19.9 Å². The number of carbonyl (C=O) groups is 1. The Balaban J connectivity index is 1.78. The molecule has 0 aliphatic rings. The lowest BCUT2D eigenvalue weighted by Gasteiger charge is -2.13. The van der Waals surface area contributed by atoms with Crippen LogP contribution < -0.4 is 10.9 Å². The van der Waals surface area contributed by atoms with E-state index in [1.165, 1.54) is 16.7 Å². The van der Waals surface area contributed by atoms with Crippen LogP contribution in [-0.4, -0.2) is 15.5 Å². The first kappa shape index (κ1) is 19.5. The third-order valence-electron chi connectivity index (χ3n) is 4.99. The highest BCUT2D eigenvalue weighted by Crippen LogP contribution is 2.18. The SMILES string of the molecule is CCc1ccccc1NC(=O)c1cc2cccnc2n(Cc2ccc(F)cc2)c1=O. The fourth-order valence-electron chi connectivity index (χ4n) is 3.43. The van der Waals surface area contributed by atoms with Crippen molar-refractivity contribution < 1.29 is 9.18 Å². The van der Waals surface area contributed by atoms with Crippen LogP contribution in [-0.2, 0) is 13.0 Å². The predicted molar refractivity (Wildman–Crippen MR) is 115 cm³/mol. The first-order valence-corrected chi connectivity index (χ1v) is 9.69. The van der Waals surface area contributed by atoms with E-state index in [1.54, 1.807) is 36.5 Å². The molecule has 5 nitrogen and oxygen atoms in total. The van der Waals surface area contributed by atoms with E-state index in [0.29, 0.717) is 16.7 Å². The number of halogens is 1. The first-order chi connectivity index (χ1) is 14.6. The van der Waals surface area contributed by atoms with Gasteiger partial charge in [0.1, 0.15) is 17.0 Å². The molecule has 1 amide bonds. The van der Waals surface area contributed by atoms with Crippen molar-refractivity contribution in [2.75, 3.05) is 5.32 Å². The maximum absolute atomic E-state index is 13.3. The van der Waals surface area contributed by atoms with Crippen LogP contribution in [0.2, 0.25) is 0 Å². The number of hydrogen-bond donors (Lipinski definition) is 1. The van der Waals surface area contributed by atoms with Gasteiger partial charge in [0.05, 0.1) is 6.54 Å². The molecule has 4 rings (SSSR count). The molecule has 0 fully saturated rings. The minimum Gasteiger partial charge on any atom is -0.322 e. The van der Waals surface area contributed by atoms with Crippen molar-refractivity contribution in [3.05, 3.63) is 106 Å². The lowest BCUT2D eigenvalue weighted by atomic mass is 10.1. The number of fused-ring (bicyclic) bond motifs is 1. The van der Waals surface area contributed by atoms with Gasteiger partial charge in [-0.15, -0.1) is 0 Å². The summed E-state index contributed by atoms with van der Waals surface area (Å²) in [5, 5.41) is 3.53. The Morgan fingerprint density at radius 3 is 2.60 bits per heavy atom. The molecule has 0 atom stereocenters. The highest BCUT2D eigenvalue weighted by atomic mass is 19.1. The Bertz CT molecular complexity index is 1280. The second-order valence-electron chi connectivity index (χ2n) is 6.96. The van der Waals surface area contributed by atoms with Crippen LogP contribution in [0, 0.1) is 5.82 Å². The average molecular weight is 401 g/mol. The molecule has 0 saturated carbocycles. The maximum Gasteiger partial charge on any atom is 0.265 e. The smallest absolute Gasteiger partial charge is 0.265 e. The van der Waals surface area contributed by atoms with Crippen LogP contribution in [0.15, 0.2) is 77.7 Å². The molecular weight excluding hydrogens is 381 g/mol. The molecule has 1 N–H and O–H groups in total. The monoisotopic (exact) mass is 401 g/mol. The third kappa shape index (κ3) is 3.85. The molecule has 150 valence electrons. The van der Waals surface area contributed by atoms with Crippen LogP contribution in [0.4, 0.5) is 10.1 Å². The van der Waals surface area contributed by atoms with Crippen molar-refractivity contribution in [3.63, 3.8) is 0 Å². The van der Waals surface area contributed by atoms with Gasteiger partial charge >= 0.3 is 0 Å². The Morgan fingerprint density at radius 1 is 1.07 bits per heavy atom. The Hall–Kier alpha value is -3.80. The number of hydrogen-bond acceptors (Lipinski definition) is 3. The van der Waals surface area contributed by atoms with Crippen molar-refractivity contribution in [2.24, 2.45) is 0 Å². The number of benzene rings is 2. The second kappa shape index (κ2) is 8.29. The number of pyridine rings is 2. The number of carbonyl (C=O) groups excluding carboxylic acids is 1. The molecule has 2 aromatic carbocycles. The Morgan fingerprint density at radius 2 is 1.83 bits per heavy atom. The Labute approximate surface area is 172 Å². The number of rotatable bonds is 5. The van der Waals surface area contributed by atoms with Crippen molar-refractivity contribution >= 4 is 22.6 Å². The number of para-hydroxylation sites is 1. The van der Waals surface area contributed by atoms with E-state index in [4.69, 9.17) is 0 Å². The van der Waals surface area contributed by atoms with Crippen molar-refractivity contribution in [1.29, 1.82) is 0 Å². The fourth-order valence-corrected chi connectivity index (χ4v) is 3.43. The van der Waals surface area contributed by atoms with Gasteiger partial charge in [-0.3, -0.25) is 14.2 Å². The molecule has 0 unspecified atom stereocenters. The van der Waals surface area contributed by atoms with E-state index in [2.05, 4.69) is 10.3 Å². The molecule has 0 radical (unpaired) electrons. The van der Waals surface area contributed by atoms with Crippen LogP contribution >= 0.6 is 0 Å². The highest BCUT2D eigenvalue weighted by Gasteiger charge is 2.17. The van der Waals surface area contributed by atoms with Gasteiger partial charge in [-0.1, -0.05) is 37.3 Å². The van der Waals surface area contributed by atoms with Crippen LogP contribution in [0.3, 0.4) is 0 Å². The van der Waals surface area contributed by atoms with Crippen LogP contribution in [0.5, 0.6) is 0 Å². The van der Waals surface area contributed by atoms with Gasteiger partial charge in [0.25, 0.3) is 11.5 Å². The second-order valence-corrected chi connectivity index (χ2v) is 6.96. The number of nitrogens with one attached hydrogen (secondary N) is 1. The summed E-state index contributed by atoms with van der Waals surface area (Å²) in [7, 11) is 0. The molecule has 0 aliphatic heterocycles. The number of anilines is 1. The van der Waals surface area contributed by atoms with E-state index >= 15 is 0 Å². The molecule has 30 heavy (non-hydrogen) atoms. The number of nitrogens with zero attached hydrogens (tertiary/aromatic N) is 2. The van der Waals surface area contributed by atoms with E-state index in [1.807, 2.05) is 31.2 Å². The lowest BCUT2D eigenvalue weighted by Crippen LogP contribution is -2.30. The van der Waals surface area contributed by atoms with Gasteiger partial charge in [-0.25, -0.2) is 9.37 Å². The summed E-state index contributed by atoms with van der Waals surface area (Å²) in [5.41, 5.74) is 2.46. The topological polar surface area (TPSA) is 64.0 Å². The summed E-state index contributed by atoms with van der Waals surface area (Å²) in [6, 6.07) is 18.5. The van der Waals surface area contributed by atoms with E-state index < -0.39 is 11.5 Å². The molecule has 4 aromatic rings. The summed E-state index contributed by atoms with van der Waals surface area (Å²) in [5.74, 6) is -0.823. The minimum atomic E-state index is -0.473. The summed E-state index contributed by atoms with van der Waals surface area (Å²) in [4.78, 5) is 30.6. The standard InChI is InChI=1S/C24H20FN3O2/c1-2-17-6-3-4-8-21(17)27-23(29)20-14-18-7-5-13-26-22(18)28(24(20)30)15-16-9-11-19(25)12-10-16/h3-14H,2,15H2,1H3,(H,27,29). The van der Waals surface area contributed by atoms with Crippen LogP contribution in [0.1, 0.15) is 28.4 Å². The largest absolute Gasteiger partial charge is 0.322 e. The van der Waals surface area contributed by atoms with E-state index in [9.17, 15) is 14.0 Å². The minimum absolute atomic E-state index is 0.0310. The summed E-state index contributed by atoms with van der Waals surface area (Å²) in [6.45, 7) is 2.18. The summed E-state index contributed by atoms with van der Waals surface area (Å²) in [6.07, 6.45) is 2.35. The van der Waals surface area contributed by atoms with Gasteiger partial charge in [-0.2, -0.15) is 0 Å². The highest BCUT2D eigenvalue weighted by molar-refractivity contribution is 6.06. The molecule has 0 bridgehead atoms. The van der Waals surface area contributed by atoms with E-state index in [-0.39, 0.29) is 17.9 Å². The molecule has 2 heterocycles. The zero-order chi connectivity index (χ0) is 21.1. The van der Waals surface area contributed by atoms with Crippen LogP contribution in [0.25, 0.3) is 11.0 Å². The van der Waals surface area contributed by atoms with Gasteiger partial charge < -0.3 is 5.32 Å². The maximum atomic E-state index is 13.3. The molecule has 2 aromatic heterocycles. The zero-order valence-corrected chi connectivity index (χ0v) is 16.4. The van der Waals surface area contributed by atoms with Gasteiger partial charge in [0, 0.05) is 17.3 Å². The molecule has 0 saturated heterocycles. The van der Waals surface area contributed by atoms with E-state index in [0.717, 1.165) is 17.5 Å². The zero-order valence-electron chi connectivity index (χ0n) is 16.4. The Kier molecular flexibility index (Phi) is 5.39. The normalized spacial score (nSPS) is 10.9. The van der Waals surface area contributed by atoms with Crippen molar-refractivity contribution in [3.8, 4) is 0 Å². The number of aryl methyl sites for hydroxylation is 1. The predicted octanol–water partition coefficient (Wildman–Crippen LogP) is 4.40. The average Bonchev–Trinajstić information content (AvgIpc) is 2.77. The molecule has 0 spiro atoms. The molecular formula is C24H20FN3O2. The quantitative estimate of drug-likeness (QED) is 0.539. The summed E-state index contributed by atoms with van der Waals surface area (Å²) < 4.78 is 14.7. The van der Waals surface area contributed by atoms with Gasteiger partial charge in [0.15, 0.2) is 0 Å². The lowest BCUT2D eigenvalue weighted by molar-refractivity contribution is 0.102. The molecule has 6 heteroatoms. The fraction of sp³-hybridized carbons (Fsp3) is 0.125. The summed E-state index contributed by atoms with van der Waals surface area (Å²) >= 11 is 0. The van der Waals surface area contributed by atoms with Gasteiger partial charge in [-0.05, 0) is 53.9 Å². The van der Waals surface area contributed by atoms with Gasteiger partial charge in [0.2, 0.25) is 0 Å².